The van der Waals surface area contributed by atoms with Crippen LogP contribution >= 0.6 is 0 Å². The van der Waals surface area contributed by atoms with Crippen LogP contribution in [0.1, 0.15) is 20.3 Å². The van der Waals surface area contributed by atoms with Crippen LogP contribution in [0.3, 0.4) is 0 Å². The molecule has 0 saturated carbocycles. The zero-order valence-electron chi connectivity index (χ0n) is 3.69. The van der Waals surface area contributed by atoms with E-state index in [-0.39, 0.29) is 27.2 Å². The second kappa shape index (κ2) is 22.8. The van der Waals surface area contributed by atoms with E-state index in [9.17, 15) is 0 Å². The molecule has 0 saturated heterocycles. The standard InChI is InChI=1S/C3H8.H2N.W/c1-3-2;;/h3H2,1-2H3;1H2;/q;-1;. The van der Waals surface area contributed by atoms with Crippen LogP contribution in [0.25, 0.3) is 6.15 Å². The number of nitrogens with two attached hydrogens (primary N) is 1. The zero-order valence-corrected chi connectivity index (χ0v) is 6.63. The Morgan fingerprint density at radius 1 is 1.20 bits per heavy atom. The summed E-state index contributed by atoms with van der Waals surface area (Å²) >= 11 is 0. The Morgan fingerprint density at radius 2 is 1.20 bits per heavy atom. The monoisotopic (exact) mass is 244 g/mol. The van der Waals surface area contributed by atoms with E-state index < -0.39 is 0 Å². The Kier molecular flexibility index (Phi) is 79.3. The van der Waals surface area contributed by atoms with Gasteiger partial charge in [-0.1, -0.05) is 20.3 Å². The van der Waals surface area contributed by atoms with E-state index in [0.717, 1.165) is 0 Å². The molecule has 0 aromatic heterocycles. The van der Waals surface area contributed by atoms with Gasteiger partial charge in [-0.25, -0.2) is 0 Å². The van der Waals surface area contributed by atoms with Gasteiger partial charge in [-0.3, -0.25) is 0 Å². The van der Waals surface area contributed by atoms with Crippen molar-refractivity contribution in [3.63, 3.8) is 0 Å². The van der Waals surface area contributed by atoms with Crippen molar-refractivity contribution in [2.24, 2.45) is 0 Å². The summed E-state index contributed by atoms with van der Waals surface area (Å²) in [5, 5.41) is 0. The van der Waals surface area contributed by atoms with E-state index in [0.29, 0.717) is 0 Å². The summed E-state index contributed by atoms with van der Waals surface area (Å²) in [7, 11) is 0. The summed E-state index contributed by atoms with van der Waals surface area (Å²) < 4.78 is 0. The van der Waals surface area contributed by atoms with Crippen molar-refractivity contribution in [3.8, 4) is 0 Å². The number of rotatable bonds is 0. The molecule has 0 rings (SSSR count). The minimum Gasteiger partial charge on any atom is -0.693 e. The third kappa shape index (κ3) is 77.6. The van der Waals surface area contributed by atoms with Gasteiger partial charge in [0, 0.05) is 21.1 Å². The van der Waals surface area contributed by atoms with Gasteiger partial charge >= 0.3 is 0 Å². The summed E-state index contributed by atoms with van der Waals surface area (Å²) in [6.07, 6.45) is 1.25. The minimum atomic E-state index is 0. The van der Waals surface area contributed by atoms with Gasteiger partial charge < -0.3 is 6.15 Å². The summed E-state index contributed by atoms with van der Waals surface area (Å²) in [6.45, 7) is 4.25. The second-order valence-electron chi connectivity index (χ2n) is 0.707. The average molecular weight is 244 g/mol. The maximum atomic E-state index is 2.12. The van der Waals surface area contributed by atoms with Gasteiger partial charge in [0.1, 0.15) is 0 Å². The molecule has 0 fully saturated rings. The van der Waals surface area contributed by atoms with E-state index in [4.69, 9.17) is 0 Å². The number of hydrogen-bond donors (Lipinski definition) is 0. The first-order valence-electron chi connectivity index (χ1n) is 1.41. The van der Waals surface area contributed by atoms with Crippen LogP contribution in [0.4, 0.5) is 0 Å². The topological polar surface area (TPSA) is 33.5 Å². The van der Waals surface area contributed by atoms with Gasteiger partial charge in [0.2, 0.25) is 0 Å². The molecule has 5 heavy (non-hydrogen) atoms. The molecule has 0 unspecified atom stereocenters. The Morgan fingerprint density at radius 3 is 1.20 bits per heavy atom. The van der Waals surface area contributed by atoms with Gasteiger partial charge in [-0.15, -0.1) is 0 Å². The van der Waals surface area contributed by atoms with E-state index in [1.807, 2.05) is 0 Å². The Bertz CT molecular complexity index is 6.85. The smallest absolute Gasteiger partial charge is 0 e. The molecule has 1 nitrogen and oxygen atoms in total. The fraction of sp³-hybridized carbons (Fsp3) is 1.00. The first kappa shape index (κ1) is 17.4. The number of hydrogen-bond acceptors (Lipinski definition) is 0. The molecule has 0 atom stereocenters. The predicted molar refractivity (Wildman–Crippen MR) is 21.2 cm³/mol. The van der Waals surface area contributed by atoms with Crippen molar-refractivity contribution >= 4 is 0 Å². The molecule has 2 N–H and O–H groups in total. The Labute approximate surface area is 48.0 Å². The molecule has 2 heteroatoms. The van der Waals surface area contributed by atoms with Gasteiger partial charge in [-0.05, 0) is 0 Å². The van der Waals surface area contributed by atoms with Gasteiger partial charge in [0.15, 0.2) is 0 Å². The van der Waals surface area contributed by atoms with Gasteiger partial charge in [0.25, 0.3) is 0 Å². The quantitative estimate of drug-likeness (QED) is 0.625. The summed E-state index contributed by atoms with van der Waals surface area (Å²) in [6, 6.07) is 0. The molecule has 0 spiro atoms. The van der Waals surface area contributed by atoms with Crippen molar-refractivity contribution in [3.05, 3.63) is 6.15 Å². The van der Waals surface area contributed by atoms with Crippen LogP contribution < -0.4 is 0 Å². The van der Waals surface area contributed by atoms with E-state index in [1.54, 1.807) is 0 Å². The maximum Gasteiger partial charge on any atom is 0 e. The molecular formula is C3H10NW-. The summed E-state index contributed by atoms with van der Waals surface area (Å²) in [4.78, 5) is 0. The minimum absolute atomic E-state index is 0. The zero-order chi connectivity index (χ0) is 2.71. The summed E-state index contributed by atoms with van der Waals surface area (Å²) in [5.74, 6) is 0. The largest absolute Gasteiger partial charge is 0.693 e. The van der Waals surface area contributed by atoms with Crippen molar-refractivity contribution in [2.45, 2.75) is 20.3 Å². The van der Waals surface area contributed by atoms with Crippen molar-refractivity contribution < 1.29 is 21.1 Å². The third-order valence-electron chi connectivity index (χ3n) is 0. The van der Waals surface area contributed by atoms with E-state index in [2.05, 4.69) is 13.8 Å². The fourth-order valence-electron chi connectivity index (χ4n) is 0. The molecule has 0 aliphatic rings. The molecule has 0 heterocycles. The van der Waals surface area contributed by atoms with Crippen LogP contribution in [-0.4, -0.2) is 0 Å². The normalized spacial score (nSPS) is 3.60. The predicted octanol–water partition coefficient (Wildman–Crippen LogP) is 2.13. The van der Waals surface area contributed by atoms with Crippen molar-refractivity contribution in [1.29, 1.82) is 0 Å². The van der Waals surface area contributed by atoms with Crippen LogP contribution in [0, 0.1) is 0 Å². The van der Waals surface area contributed by atoms with Gasteiger partial charge in [-0.2, -0.15) is 0 Å². The van der Waals surface area contributed by atoms with E-state index >= 15 is 0 Å². The molecule has 0 aromatic carbocycles. The fourth-order valence-corrected chi connectivity index (χ4v) is 0. The molecule has 0 aliphatic carbocycles. The SMILES string of the molecule is CCC.[NH2-].[W]. The average Bonchev–Trinajstić information content (AvgIpc) is 0.918. The van der Waals surface area contributed by atoms with Crippen molar-refractivity contribution in [2.75, 3.05) is 0 Å². The second-order valence-corrected chi connectivity index (χ2v) is 0.707. The molecule has 0 amide bonds. The first-order chi connectivity index (χ1) is 1.41. The third-order valence-corrected chi connectivity index (χ3v) is 0. The summed E-state index contributed by atoms with van der Waals surface area (Å²) in [5.41, 5.74) is 0. The molecule has 0 aromatic rings. The van der Waals surface area contributed by atoms with Crippen LogP contribution in [0.15, 0.2) is 0 Å². The molecule has 0 radical (unpaired) electrons. The van der Waals surface area contributed by atoms with Gasteiger partial charge in [0.05, 0.1) is 0 Å². The first-order valence-corrected chi connectivity index (χ1v) is 1.41. The molecule has 0 aliphatic heterocycles. The van der Waals surface area contributed by atoms with Crippen LogP contribution in [0.5, 0.6) is 0 Å². The van der Waals surface area contributed by atoms with Crippen molar-refractivity contribution in [1.82, 2.24) is 0 Å². The van der Waals surface area contributed by atoms with Crippen LogP contribution in [-0.2, 0) is 21.1 Å². The van der Waals surface area contributed by atoms with Crippen LogP contribution in [0.2, 0.25) is 0 Å². The molecule has 0 bridgehead atoms. The Hall–Kier alpha value is 0.648. The molecule has 34 valence electrons. The Balaban J connectivity index is -0.0000000200. The maximum absolute atomic E-state index is 2.12. The molecular weight excluding hydrogens is 234 g/mol. The van der Waals surface area contributed by atoms with E-state index in [1.165, 1.54) is 6.42 Å².